The average Bonchev–Trinajstić information content (AvgIpc) is 2.28. The van der Waals surface area contributed by atoms with Gasteiger partial charge in [0.05, 0.1) is 18.2 Å². The first kappa shape index (κ1) is 15.3. The minimum absolute atomic E-state index is 0. The van der Waals surface area contributed by atoms with Crippen molar-refractivity contribution >= 4 is 5.69 Å². The van der Waals surface area contributed by atoms with Crippen molar-refractivity contribution in [3.05, 3.63) is 65.5 Å². The molecule has 1 radical (unpaired) electrons. The number of halogens is 2. The normalized spacial score (nSPS) is 9.58. The minimum Gasteiger partial charge on any atom is -0.269 e. The van der Waals surface area contributed by atoms with Crippen LogP contribution < -0.4 is 0 Å². The molecule has 0 aliphatic carbocycles. The minimum atomic E-state index is -0.909. The van der Waals surface area contributed by atoms with Crippen LogP contribution in [0.25, 0.3) is 16.1 Å². The third-order valence-electron chi connectivity index (χ3n) is 2.56. The van der Waals surface area contributed by atoms with Gasteiger partial charge in [-0.05, 0) is 24.6 Å². The SMILES string of the molecule is [C-]#[N+]c1c(F)cc([CH2-])c(-c2cc(C)ccn2)c1F.[Ir]. The van der Waals surface area contributed by atoms with Gasteiger partial charge < -0.3 is 0 Å². The molecular formula is C14H9F2IrN2-. The maximum atomic E-state index is 14.1. The summed E-state index contributed by atoms with van der Waals surface area (Å²) in [6, 6.07) is 4.48. The van der Waals surface area contributed by atoms with Gasteiger partial charge in [0.1, 0.15) is 0 Å². The second-order valence-corrected chi connectivity index (χ2v) is 3.89. The molecule has 5 heteroatoms. The summed E-state index contributed by atoms with van der Waals surface area (Å²) in [7, 11) is 0. The van der Waals surface area contributed by atoms with Crippen molar-refractivity contribution in [1.82, 2.24) is 4.98 Å². The molecule has 0 bridgehead atoms. The number of benzene rings is 1. The van der Waals surface area contributed by atoms with Crippen molar-refractivity contribution in [3.8, 4) is 11.3 Å². The Balaban J connectivity index is 0.00000180. The molecule has 1 aromatic heterocycles. The second kappa shape index (κ2) is 5.92. The Morgan fingerprint density at radius 1 is 1.32 bits per heavy atom. The zero-order valence-electron chi connectivity index (χ0n) is 10.0. The second-order valence-electron chi connectivity index (χ2n) is 3.89. The van der Waals surface area contributed by atoms with Gasteiger partial charge in [-0.15, -0.1) is 6.07 Å². The Morgan fingerprint density at radius 3 is 2.58 bits per heavy atom. The molecule has 2 nitrogen and oxygen atoms in total. The van der Waals surface area contributed by atoms with E-state index in [2.05, 4.69) is 16.8 Å². The number of aromatic nitrogens is 1. The van der Waals surface area contributed by atoms with Crippen LogP contribution in [0.15, 0.2) is 24.4 Å². The monoisotopic (exact) mass is 436 g/mol. The maximum Gasteiger partial charge on any atom is 0.232 e. The first-order valence-electron chi connectivity index (χ1n) is 5.19. The molecule has 0 unspecified atom stereocenters. The van der Waals surface area contributed by atoms with E-state index < -0.39 is 17.3 Å². The number of pyridine rings is 1. The van der Waals surface area contributed by atoms with E-state index in [9.17, 15) is 8.78 Å². The summed E-state index contributed by atoms with van der Waals surface area (Å²) in [5.74, 6) is -1.81. The van der Waals surface area contributed by atoms with Gasteiger partial charge in [0.15, 0.2) is 0 Å². The van der Waals surface area contributed by atoms with E-state index in [0.29, 0.717) is 5.69 Å². The zero-order chi connectivity index (χ0) is 13.3. The number of hydrogen-bond donors (Lipinski definition) is 0. The van der Waals surface area contributed by atoms with Crippen molar-refractivity contribution in [3.63, 3.8) is 0 Å². The summed E-state index contributed by atoms with van der Waals surface area (Å²) in [6.45, 7) is 12.2. The largest absolute Gasteiger partial charge is 0.269 e. The fraction of sp³-hybridized carbons (Fsp3) is 0.0714. The fourth-order valence-corrected chi connectivity index (χ4v) is 1.71. The number of aryl methyl sites for hydroxylation is 1. The molecule has 1 heterocycles. The number of rotatable bonds is 1. The van der Waals surface area contributed by atoms with Crippen LogP contribution in [0.1, 0.15) is 11.1 Å². The maximum absolute atomic E-state index is 14.1. The molecule has 99 valence electrons. The Hall–Kier alpha value is -1.76. The number of hydrogen-bond acceptors (Lipinski definition) is 1. The molecule has 0 saturated heterocycles. The van der Waals surface area contributed by atoms with Gasteiger partial charge in [-0.1, -0.05) is 5.56 Å². The van der Waals surface area contributed by atoms with Gasteiger partial charge in [-0.25, -0.2) is 13.6 Å². The molecule has 0 amide bonds. The third kappa shape index (κ3) is 2.81. The smallest absolute Gasteiger partial charge is 0.232 e. The van der Waals surface area contributed by atoms with E-state index in [1.165, 1.54) is 6.20 Å². The topological polar surface area (TPSA) is 17.2 Å². The predicted molar refractivity (Wildman–Crippen MR) is 65.0 cm³/mol. The predicted octanol–water partition coefficient (Wildman–Crippen LogP) is 4.07. The van der Waals surface area contributed by atoms with Crippen LogP contribution in [0, 0.1) is 32.1 Å². The molecule has 0 fully saturated rings. The molecule has 0 aliphatic heterocycles. The van der Waals surface area contributed by atoms with Crippen molar-refractivity contribution in [2.24, 2.45) is 0 Å². The third-order valence-corrected chi connectivity index (χ3v) is 2.56. The fourth-order valence-electron chi connectivity index (χ4n) is 1.71. The van der Waals surface area contributed by atoms with Crippen LogP contribution >= 0.6 is 0 Å². The zero-order valence-corrected chi connectivity index (χ0v) is 12.4. The Kier molecular flexibility index (Phi) is 4.77. The van der Waals surface area contributed by atoms with Crippen molar-refractivity contribution in [2.75, 3.05) is 0 Å². The van der Waals surface area contributed by atoms with Crippen LogP contribution in [0.3, 0.4) is 0 Å². The van der Waals surface area contributed by atoms with E-state index in [1.807, 2.05) is 6.92 Å². The average molecular weight is 435 g/mol. The molecule has 0 spiro atoms. The summed E-state index contributed by atoms with van der Waals surface area (Å²) in [5, 5.41) is 0. The summed E-state index contributed by atoms with van der Waals surface area (Å²) >= 11 is 0. The Labute approximate surface area is 123 Å². The molecule has 0 aliphatic rings. The molecule has 2 rings (SSSR count). The molecule has 2 aromatic rings. The van der Waals surface area contributed by atoms with E-state index in [-0.39, 0.29) is 31.2 Å². The molecule has 0 saturated carbocycles. The van der Waals surface area contributed by atoms with Crippen LogP contribution in [0.4, 0.5) is 14.5 Å². The Bertz CT molecular complexity index is 663. The Morgan fingerprint density at radius 2 is 2.00 bits per heavy atom. The molecule has 0 N–H and O–H groups in total. The molecular weight excluding hydrogens is 426 g/mol. The van der Waals surface area contributed by atoms with Gasteiger partial charge in [0.25, 0.3) is 0 Å². The van der Waals surface area contributed by atoms with Crippen molar-refractivity contribution in [2.45, 2.75) is 6.92 Å². The first-order chi connectivity index (χ1) is 8.54. The molecule has 19 heavy (non-hydrogen) atoms. The quantitative estimate of drug-likeness (QED) is 0.618. The van der Waals surface area contributed by atoms with E-state index in [4.69, 9.17) is 6.57 Å². The van der Waals surface area contributed by atoms with Crippen LogP contribution in [-0.4, -0.2) is 4.98 Å². The first-order valence-corrected chi connectivity index (χ1v) is 5.19. The summed E-state index contributed by atoms with van der Waals surface area (Å²) in [5.41, 5.74) is 0.872. The van der Waals surface area contributed by atoms with E-state index >= 15 is 0 Å². The van der Waals surface area contributed by atoms with Crippen molar-refractivity contribution in [1.29, 1.82) is 0 Å². The standard InChI is InChI=1S/C14H9F2N2.Ir/c1-8-4-5-18-11(6-8)12-9(2)7-10(15)14(17-3)13(12)16;/h4-7H,2H2,1H3;/q-1;. The number of nitrogens with zero attached hydrogens (tertiary/aromatic N) is 2. The van der Waals surface area contributed by atoms with Gasteiger partial charge in [-0.2, -0.15) is 12.5 Å². The van der Waals surface area contributed by atoms with Crippen molar-refractivity contribution < 1.29 is 28.9 Å². The van der Waals surface area contributed by atoms with Gasteiger partial charge in [0, 0.05) is 32.0 Å². The molecule has 1 aromatic carbocycles. The summed E-state index contributed by atoms with van der Waals surface area (Å²) in [4.78, 5) is 6.89. The van der Waals surface area contributed by atoms with Crippen LogP contribution in [-0.2, 0) is 20.1 Å². The van der Waals surface area contributed by atoms with Crippen LogP contribution in [0.2, 0.25) is 0 Å². The van der Waals surface area contributed by atoms with E-state index in [1.54, 1.807) is 12.1 Å². The van der Waals surface area contributed by atoms with Gasteiger partial charge in [0.2, 0.25) is 5.69 Å². The van der Waals surface area contributed by atoms with E-state index in [0.717, 1.165) is 11.6 Å². The van der Waals surface area contributed by atoms with Gasteiger partial charge in [-0.3, -0.25) is 4.98 Å². The van der Waals surface area contributed by atoms with Gasteiger partial charge >= 0.3 is 0 Å². The molecule has 0 atom stereocenters. The van der Waals surface area contributed by atoms with Crippen LogP contribution in [0.5, 0.6) is 0 Å². The summed E-state index contributed by atoms with van der Waals surface area (Å²) in [6.07, 6.45) is 1.53. The summed E-state index contributed by atoms with van der Waals surface area (Å²) < 4.78 is 27.5.